The van der Waals surface area contributed by atoms with Gasteiger partial charge in [0.1, 0.15) is 61.0 Å². The van der Waals surface area contributed by atoms with Crippen molar-refractivity contribution in [1.29, 1.82) is 0 Å². The van der Waals surface area contributed by atoms with E-state index in [1.54, 1.807) is 12.4 Å². The Morgan fingerprint density at radius 3 is 0.852 bits per heavy atom. The molecule has 0 aliphatic carbocycles. The normalized spacial score (nSPS) is 26.0. The van der Waals surface area contributed by atoms with Crippen LogP contribution < -0.4 is 66.5 Å². The van der Waals surface area contributed by atoms with E-state index in [1.165, 1.54) is 22.3 Å². The molecule has 5 fully saturated rings. The number of carbonyl (C=O) groups excluding carboxylic acids is 3. The lowest BCUT2D eigenvalue weighted by molar-refractivity contribution is -0.184. The third-order valence-corrected chi connectivity index (χ3v) is 29.3. The average Bonchev–Trinajstić information content (AvgIpc) is 1.68. The summed E-state index contributed by atoms with van der Waals surface area (Å²) in [5, 5.41) is 109. The zero-order chi connectivity index (χ0) is 103. The van der Waals surface area contributed by atoms with E-state index in [-0.39, 0.29) is 49.8 Å². The highest BCUT2D eigenvalue weighted by atomic mass is 32.1. The Kier molecular flexibility index (Phi) is 40.9. The molecule has 5 aliphatic rings. The molecule has 20 atom stereocenters. The number of amides is 3. The number of aliphatic hydroxyl groups is 10. The number of nitrogens with one attached hydrogen (secondary N) is 8. The summed E-state index contributed by atoms with van der Waals surface area (Å²) in [6.45, 7) is 11.6. The molecule has 5 saturated heterocycles. The fraction of sp³-hybridized carbons (Fsp3) is 0.641. The molecule has 135 heavy (non-hydrogen) atoms. The van der Waals surface area contributed by atoms with Crippen molar-refractivity contribution < 1.29 is 129 Å². The molecule has 5 aromatic rings. The smallest absolute Gasteiger partial charge is 0.388 e. The minimum atomic E-state index is -5.13. The lowest BCUT2D eigenvalue weighted by atomic mass is 10.1. The van der Waals surface area contributed by atoms with E-state index in [0.717, 1.165) is 56.2 Å². The Labute approximate surface area is 776 Å². The van der Waals surface area contributed by atoms with Crippen LogP contribution in [0, 0.1) is 9.54 Å². The Balaban J connectivity index is 0.000000260. The fourth-order valence-electron chi connectivity index (χ4n) is 13.9. The second-order valence-corrected chi connectivity index (χ2v) is 58.7. The van der Waals surface area contributed by atoms with Crippen molar-refractivity contribution in [3.8, 4) is 0 Å². The van der Waals surface area contributed by atoms with Crippen LogP contribution in [0.2, 0.25) is 0 Å². The number of alkyl halides is 9. The van der Waals surface area contributed by atoms with E-state index in [4.69, 9.17) is 53.9 Å². The van der Waals surface area contributed by atoms with Crippen LogP contribution >= 0.6 is 58.9 Å². The van der Waals surface area contributed by atoms with Crippen LogP contribution in [0.4, 0.5) is 39.5 Å². The molecule has 0 bridgehead atoms. The number of hydrogen-bond donors (Lipinski definition) is 19. The molecule has 0 spiro atoms. The highest BCUT2D eigenvalue weighted by Gasteiger charge is 2.50. The van der Waals surface area contributed by atoms with E-state index >= 15 is 0 Å². The average molecular weight is 2070 g/mol. The van der Waals surface area contributed by atoms with Crippen LogP contribution in [0.1, 0.15) is 91.1 Å². The fourth-order valence-corrected chi connectivity index (χ4v) is 19.1. The van der Waals surface area contributed by atoms with Crippen molar-refractivity contribution in [2.45, 2.75) is 206 Å². The summed E-state index contributed by atoms with van der Waals surface area (Å²) >= 11 is 10.2. The second-order valence-electron chi connectivity index (χ2n) is 36.3. The van der Waals surface area contributed by atoms with Crippen molar-refractivity contribution in [2.24, 2.45) is 5.73 Å². The molecule has 57 heteroatoms. The van der Waals surface area contributed by atoms with E-state index in [2.05, 4.69) is 78.4 Å². The van der Waals surface area contributed by atoms with E-state index < -0.39 is 252 Å². The zero-order valence-corrected chi connectivity index (χ0v) is 81.9. The van der Waals surface area contributed by atoms with Gasteiger partial charge in [0.25, 0.3) is 27.8 Å². The Hall–Kier alpha value is -7.16. The molecule has 5 aliphatic heterocycles. The zero-order valence-electron chi connectivity index (χ0n) is 75.8. The van der Waals surface area contributed by atoms with Gasteiger partial charge in [-0.05, 0) is 161 Å². The SMILES string of the molecule is C=P(C)(C)CC[C@H]1OC(n2cc(CN(C)C(=O)C(F)(F)F)c(=O)[nH]c2=O)[C@H](O)[C@@H]1O.C=P(C)(C)CC[C@H]1OC(n2cc(CN)c(=O)[nH]c2=S)[C@H](O)[C@@H]1O.C=P(C)(C)CC[C@H]1OC(n2cc(CNC(=O)C(F)(F)F)c(=O)[nH]c2=O)[C@H](O)[C@@H]1O.C=P(C)(C)CC[C@H]1OC(n2cc(CNC(=O)C(F)(F)F)c(=O)[nH]c2=S)[C@H](O)[C@@H]1O.C=P(C)(C)CC[C@H]1OC(n2cc(CNC)c(=O)[nH]c2=O)[C@H](O)[C@@H]1O. The summed E-state index contributed by atoms with van der Waals surface area (Å²) in [6.07, 6.45) is -4.91. The molecule has 0 saturated carbocycles. The van der Waals surface area contributed by atoms with Gasteiger partial charge in [-0.25, -0.2) is 14.4 Å². The second kappa shape index (κ2) is 47.4. The number of hydrogen-bond acceptors (Lipinski definition) is 30. The molecule has 20 N–H and O–H groups in total. The number of nitrogens with zero attached hydrogens (tertiary/aromatic N) is 6. The highest BCUT2D eigenvalue weighted by molar-refractivity contribution is 7.73. The summed E-state index contributed by atoms with van der Waals surface area (Å²) in [5.41, 5.74) is -0.963. The number of rotatable bonds is 29. The molecule has 5 aromatic heterocycles. The molecule has 10 rings (SSSR count). The first kappa shape index (κ1) is 117. The Morgan fingerprint density at radius 2 is 0.607 bits per heavy atom. The van der Waals surface area contributed by atoms with Crippen molar-refractivity contribution in [2.75, 3.05) is 112 Å². The van der Waals surface area contributed by atoms with Crippen LogP contribution in [-0.2, 0) is 70.8 Å². The van der Waals surface area contributed by atoms with Crippen molar-refractivity contribution >= 4 is 108 Å². The minimum absolute atomic E-state index is 0.0416. The molecule has 0 aromatic carbocycles. The van der Waals surface area contributed by atoms with Crippen molar-refractivity contribution in [1.82, 2.24) is 68.6 Å². The summed E-state index contributed by atoms with van der Waals surface area (Å²) < 4.78 is 145. The lowest BCUT2D eigenvalue weighted by Crippen LogP contribution is -2.42. The summed E-state index contributed by atoms with van der Waals surface area (Å²) in [5.74, 6) is -6.61. The molecular formula is C78H121F9N15O26P5S2. The monoisotopic (exact) mass is 2070 g/mol. The quantitative estimate of drug-likeness (QED) is 0.0156. The number of aliphatic hydroxyl groups excluding tert-OH is 10. The molecule has 5 unspecified atom stereocenters. The first-order valence-corrected chi connectivity index (χ1v) is 57.4. The number of ether oxygens (including phenoxy) is 5. The number of carbonyl (C=O) groups is 3. The minimum Gasteiger partial charge on any atom is -0.388 e. The predicted octanol–water partition coefficient (Wildman–Crippen LogP) is -0.930. The number of aromatic nitrogens is 10. The Bertz CT molecular complexity index is 5750. The molecule has 41 nitrogen and oxygen atoms in total. The number of nitrogens with two attached hydrogens (primary N) is 1. The maximum Gasteiger partial charge on any atom is 0.471 e. The predicted molar refractivity (Wildman–Crippen MR) is 501 cm³/mol. The van der Waals surface area contributed by atoms with Crippen LogP contribution in [0.3, 0.4) is 0 Å². The van der Waals surface area contributed by atoms with Crippen LogP contribution in [0.25, 0.3) is 0 Å². The topological polar surface area (TPSA) is 605 Å². The van der Waals surface area contributed by atoms with Crippen LogP contribution in [0.15, 0.2) is 69.3 Å². The van der Waals surface area contributed by atoms with E-state index in [9.17, 15) is 143 Å². The van der Waals surface area contributed by atoms with E-state index in [0.29, 0.717) is 61.7 Å². The van der Waals surface area contributed by atoms with Gasteiger partial charge in [0.05, 0.1) is 53.8 Å². The molecular weight excluding hydrogens is 1950 g/mol. The van der Waals surface area contributed by atoms with Gasteiger partial charge in [-0.15, -0.1) is 65.9 Å². The molecule has 3 amide bonds. The molecule has 0 radical (unpaired) electrons. The number of aromatic amines is 5. The van der Waals surface area contributed by atoms with Gasteiger partial charge >= 0.3 is 53.3 Å². The van der Waals surface area contributed by atoms with Gasteiger partial charge in [-0.2, -0.15) is 39.5 Å². The largest absolute Gasteiger partial charge is 0.471 e. The van der Waals surface area contributed by atoms with Gasteiger partial charge in [0.2, 0.25) is 0 Å². The molecule has 764 valence electrons. The van der Waals surface area contributed by atoms with Gasteiger partial charge in [-0.3, -0.25) is 86.1 Å². The maximum absolute atomic E-state index is 12.6. The Morgan fingerprint density at radius 1 is 0.385 bits per heavy atom. The third-order valence-electron chi connectivity index (χ3n) is 21.3. The van der Waals surface area contributed by atoms with Gasteiger partial charge in [-0.1, -0.05) is 0 Å². The summed E-state index contributed by atoms with van der Waals surface area (Å²) in [6, 6.07) is 0. The van der Waals surface area contributed by atoms with Crippen LogP contribution in [0.5, 0.6) is 0 Å². The van der Waals surface area contributed by atoms with Crippen molar-refractivity contribution in [3.63, 3.8) is 0 Å². The lowest BCUT2D eigenvalue weighted by Gasteiger charge is -2.21. The maximum atomic E-state index is 12.6. The molecule has 10 heterocycles. The van der Waals surface area contributed by atoms with Crippen LogP contribution in [-0.4, -0.2) is 375 Å². The third kappa shape index (κ3) is 33.2. The van der Waals surface area contributed by atoms with Gasteiger partial charge in [0.15, 0.2) is 40.7 Å². The summed E-state index contributed by atoms with van der Waals surface area (Å²) in [7, 11) is 2.54. The summed E-state index contributed by atoms with van der Waals surface area (Å²) in [4.78, 5) is 140. The first-order valence-electron chi connectivity index (χ1n) is 41.3. The number of halogens is 9. The van der Waals surface area contributed by atoms with Gasteiger partial charge < -0.3 is 101 Å². The van der Waals surface area contributed by atoms with Crippen molar-refractivity contribution in [3.05, 3.63) is 152 Å². The highest BCUT2D eigenvalue weighted by Crippen LogP contribution is 2.45. The first-order chi connectivity index (χ1) is 61.8. The van der Waals surface area contributed by atoms with Gasteiger partial charge in [0, 0.05) is 75.3 Å². The van der Waals surface area contributed by atoms with E-state index in [1.807, 2.05) is 50.0 Å². The number of H-pyrrole nitrogens is 5. The standard InChI is InChI=1S/C17H25F3N3O6P.C16H23F3N3O6P.C16H23F3N3O5PS.C15H26N3O5P.C14H24N3O4PS/c1-22(15(27)17(18,19)20)7-9-8-23(16(28)21-13(9)26)14-12(25)11(24)10(29-14)5-6-30(2,3)4;1-29(2,3)5-4-9-10(23)11(24)13(28-9)22-7-8(12(25)21-15(22)27)6-20-14(26)16(17,18)19;1-28(2,3)5-4-9-10(23)11(24)13(27-9)22-7-8(12(25)21-15(22)29)6-20-14(26)16(17,18)19;1-16-7-9-8-18(15(22)17-13(9)21)14-12(20)11(19)10(23-14)5-6-24(2,3)4;1-22(2,3)5-4-9-10(18)11(19)13(21-9)17-7-8(6-15)12(20)16-14(17)23/h8,10-12,14,24-25H,2,5-7H2,1,3-4H3,(H,21,26,28);7,9-11,13,23-24H,1,4-6H2,2-3H3,(H,20,26)(H,21,25,27);7,9-11,13,23-24H,1,4-6H2,2-3H3,(H,20,26)(H,21,25,29);8,10-12,14,16,19-20H,2,5-7H2,1,3-4H3,(H,17,21,22);7,9-11,13,18-19H,1,4-6,15H2,2-3H3,(H,16,20,23)/t10-,11-,12-,14?;2*9-,10-,11-,13?;10-,11-,12-,14?;9-,10-,11-,13?/m11111/s1.